The van der Waals surface area contributed by atoms with Crippen LogP contribution < -0.4 is 10.1 Å². The quantitative estimate of drug-likeness (QED) is 0.716. The third kappa shape index (κ3) is 1.24. The molecule has 1 N–H and O–H groups in total. The van der Waals surface area contributed by atoms with Gasteiger partial charge in [-0.05, 0) is 13.8 Å². The second-order valence-electron chi connectivity index (χ2n) is 3.24. The molecular weight excluding hydrogens is 154 g/mol. The average molecular weight is 167 g/mol. The van der Waals surface area contributed by atoms with Crippen LogP contribution in [0.25, 0.3) is 0 Å². The van der Waals surface area contributed by atoms with Crippen LogP contribution in [-0.2, 0) is 6.54 Å². The molecule has 1 aromatic heterocycles. The highest BCUT2D eigenvalue weighted by Gasteiger charge is 2.14. The first-order valence-corrected chi connectivity index (χ1v) is 4.23. The predicted molar refractivity (Wildman–Crippen MR) is 46.5 cm³/mol. The molecule has 12 heavy (non-hydrogen) atoms. The molecule has 4 nitrogen and oxygen atoms in total. The molecule has 0 atom stereocenters. The number of anilines is 1. The largest absolute Gasteiger partial charge is 0.476 e. The summed E-state index contributed by atoms with van der Waals surface area (Å²) in [5.41, 5.74) is 0. The van der Waals surface area contributed by atoms with E-state index in [2.05, 4.69) is 24.3 Å². The second-order valence-corrected chi connectivity index (χ2v) is 3.24. The van der Waals surface area contributed by atoms with Crippen LogP contribution in [0, 0.1) is 0 Å². The molecule has 0 bridgehead atoms. The maximum absolute atomic E-state index is 5.32. The Morgan fingerprint density at radius 3 is 3.17 bits per heavy atom. The van der Waals surface area contributed by atoms with Crippen LogP contribution in [0.3, 0.4) is 0 Å². The lowest BCUT2D eigenvalue weighted by Crippen LogP contribution is -2.10. The normalized spacial score (nSPS) is 14.6. The molecule has 1 aliphatic rings. The van der Waals surface area contributed by atoms with E-state index in [4.69, 9.17) is 4.74 Å². The van der Waals surface area contributed by atoms with Crippen molar-refractivity contribution in [2.24, 2.45) is 0 Å². The summed E-state index contributed by atoms with van der Waals surface area (Å²) in [4.78, 5) is 0. The fourth-order valence-corrected chi connectivity index (χ4v) is 1.28. The van der Waals surface area contributed by atoms with Crippen molar-refractivity contribution < 1.29 is 4.74 Å². The summed E-state index contributed by atoms with van der Waals surface area (Å²) in [5.74, 6) is 1.78. The van der Waals surface area contributed by atoms with Gasteiger partial charge in [-0.25, -0.2) is 4.68 Å². The summed E-state index contributed by atoms with van der Waals surface area (Å²) in [6.07, 6.45) is 0. The van der Waals surface area contributed by atoms with E-state index in [0.717, 1.165) is 24.8 Å². The van der Waals surface area contributed by atoms with Crippen molar-refractivity contribution in [1.82, 2.24) is 9.78 Å². The van der Waals surface area contributed by atoms with Gasteiger partial charge in [0, 0.05) is 12.1 Å². The van der Waals surface area contributed by atoms with Gasteiger partial charge in [-0.2, -0.15) is 5.10 Å². The molecule has 4 heteroatoms. The smallest absolute Gasteiger partial charge is 0.214 e. The number of aromatic nitrogens is 2. The van der Waals surface area contributed by atoms with E-state index in [9.17, 15) is 0 Å². The van der Waals surface area contributed by atoms with Gasteiger partial charge in [0.25, 0.3) is 0 Å². The van der Waals surface area contributed by atoms with Crippen LogP contribution >= 0.6 is 0 Å². The SMILES string of the molecule is CC(C)Nc1cc2n(n1)CCO2. The summed E-state index contributed by atoms with van der Waals surface area (Å²) in [6, 6.07) is 2.35. The lowest BCUT2D eigenvalue weighted by atomic mass is 10.4. The van der Waals surface area contributed by atoms with Gasteiger partial charge in [0.2, 0.25) is 5.88 Å². The minimum absolute atomic E-state index is 0.417. The van der Waals surface area contributed by atoms with E-state index in [1.54, 1.807) is 0 Å². The van der Waals surface area contributed by atoms with E-state index in [-0.39, 0.29) is 0 Å². The zero-order valence-corrected chi connectivity index (χ0v) is 7.37. The highest BCUT2D eigenvalue weighted by Crippen LogP contribution is 2.21. The van der Waals surface area contributed by atoms with Crippen LogP contribution in [0.15, 0.2) is 6.07 Å². The van der Waals surface area contributed by atoms with Gasteiger partial charge in [-0.1, -0.05) is 0 Å². The summed E-state index contributed by atoms with van der Waals surface area (Å²) in [6.45, 7) is 5.80. The van der Waals surface area contributed by atoms with Crippen molar-refractivity contribution in [2.45, 2.75) is 26.4 Å². The summed E-state index contributed by atoms with van der Waals surface area (Å²) < 4.78 is 7.20. The van der Waals surface area contributed by atoms with E-state index in [1.165, 1.54) is 0 Å². The standard InChI is InChI=1S/C8H13N3O/c1-6(2)9-7-5-8-11(10-7)3-4-12-8/h5-6H,3-4H2,1-2H3,(H,9,10). The Morgan fingerprint density at radius 2 is 2.50 bits per heavy atom. The van der Waals surface area contributed by atoms with Gasteiger partial charge in [-0.15, -0.1) is 0 Å². The Balaban J connectivity index is 2.15. The van der Waals surface area contributed by atoms with Crippen LogP contribution in [0.5, 0.6) is 5.88 Å². The Kier molecular flexibility index (Phi) is 1.67. The Labute approximate surface area is 71.5 Å². The van der Waals surface area contributed by atoms with Crippen LogP contribution in [-0.4, -0.2) is 22.4 Å². The molecule has 0 fully saturated rings. The third-order valence-electron chi connectivity index (χ3n) is 1.73. The number of rotatable bonds is 2. The molecule has 0 radical (unpaired) electrons. The first-order valence-electron chi connectivity index (χ1n) is 4.23. The van der Waals surface area contributed by atoms with Crippen molar-refractivity contribution in [2.75, 3.05) is 11.9 Å². The Bertz CT molecular complexity index is 258. The van der Waals surface area contributed by atoms with Gasteiger partial charge in [0.15, 0.2) is 5.82 Å². The average Bonchev–Trinajstić information content (AvgIpc) is 2.43. The van der Waals surface area contributed by atoms with Crippen molar-refractivity contribution in [3.05, 3.63) is 6.07 Å². The monoisotopic (exact) mass is 167 g/mol. The van der Waals surface area contributed by atoms with Crippen LogP contribution in [0.1, 0.15) is 13.8 Å². The number of fused-ring (bicyclic) bond motifs is 1. The summed E-state index contributed by atoms with van der Waals surface area (Å²) >= 11 is 0. The number of ether oxygens (including phenoxy) is 1. The van der Waals surface area contributed by atoms with Gasteiger partial charge in [0.05, 0.1) is 6.54 Å². The fraction of sp³-hybridized carbons (Fsp3) is 0.625. The highest BCUT2D eigenvalue weighted by atomic mass is 16.5. The van der Waals surface area contributed by atoms with E-state index in [1.807, 2.05) is 10.7 Å². The van der Waals surface area contributed by atoms with Gasteiger partial charge in [-0.3, -0.25) is 0 Å². The number of hydrogen-bond donors (Lipinski definition) is 1. The highest BCUT2D eigenvalue weighted by molar-refractivity contribution is 5.39. The first-order chi connectivity index (χ1) is 5.75. The summed E-state index contributed by atoms with van der Waals surface area (Å²) in [7, 11) is 0. The number of nitrogens with zero attached hydrogens (tertiary/aromatic N) is 2. The maximum Gasteiger partial charge on any atom is 0.214 e. The lowest BCUT2D eigenvalue weighted by molar-refractivity contribution is 0.357. The number of nitrogens with one attached hydrogen (secondary N) is 1. The zero-order valence-electron chi connectivity index (χ0n) is 7.37. The molecule has 0 aliphatic carbocycles. The van der Waals surface area contributed by atoms with Gasteiger partial charge < -0.3 is 10.1 Å². The molecule has 66 valence electrons. The predicted octanol–water partition coefficient (Wildman–Crippen LogP) is 1.10. The summed E-state index contributed by atoms with van der Waals surface area (Å²) in [5, 5.41) is 7.53. The van der Waals surface area contributed by atoms with E-state index < -0.39 is 0 Å². The minimum Gasteiger partial charge on any atom is -0.476 e. The zero-order chi connectivity index (χ0) is 8.55. The fourth-order valence-electron chi connectivity index (χ4n) is 1.28. The van der Waals surface area contributed by atoms with E-state index in [0.29, 0.717) is 6.04 Å². The van der Waals surface area contributed by atoms with Crippen molar-refractivity contribution >= 4 is 5.82 Å². The lowest BCUT2D eigenvalue weighted by Gasteiger charge is -2.04. The first kappa shape index (κ1) is 7.46. The maximum atomic E-state index is 5.32. The molecule has 0 saturated carbocycles. The van der Waals surface area contributed by atoms with Crippen LogP contribution in [0.2, 0.25) is 0 Å². The third-order valence-corrected chi connectivity index (χ3v) is 1.73. The molecule has 1 aliphatic heterocycles. The number of hydrogen-bond acceptors (Lipinski definition) is 3. The van der Waals surface area contributed by atoms with E-state index >= 15 is 0 Å². The topological polar surface area (TPSA) is 39.1 Å². The minimum atomic E-state index is 0.417. The van der Waals surface area contributed by atoms with Gasteiger partial charge in [0.1, 0.15) is 6.61 Å². The molecule has 0 aromatic carbocycles. The van der Waals surface area contributed by atoms with Gasteiger partial charge >= 0.3 is 0 Å². The van der Waals surface area contributed by atoms with Crippen molar-refractivity contribution in [1.29, 1.82) is 0 Å². The molecule has 0 amide bonds. The van der Waals surface area contributed by atoms with Crippen molar-refractivity contribution in [3.63, 3.8) is 0 Å². The molecule has 0 spiro atoms. The Hall–Kier alpha value is -1.19. The molecule has 0 saturated heterocycles. The van der Waals surface area contributed by atoms with Crippen molar-refractivity contribution in [3.8, 4) is 5.88 Å². The molecule has 1 aromatic rings. The molecule has 2 heterocycles. The molecule has 0 unspecified atom stereocenters. The van der Waals surface area contributed by atoms with Crippen LogP contribution in [0.4, 0.5) is 5.82 Å². The molecule has 2 rings (SSSR count). The molecular formula is C8H13N3O. The Morgan fingerprint density at radius 1 is 1.67 bits per heavy atom. The second kappa shape index (κ2) is 2.69.